The molecule has 2 N–H and O–H groups in total. The molecule has 29 heavy (non-hydrogen) atoms. The van der Waals surface area contributed by atoms with E-state index >= 15 is 0 Å². The van der Waals surface area contributed by atoms with Crippen LogP contribution in [0.3, 0.4) is 0 Å². The van der Waals surface area contributed by atoms with Crippen LogP contribution in [0.15, 0.2) is 29.4 Å². The van der Waals surface area contributed by atoms with Gasteiger partial charge in [-0.25, -0.2) is 4.98 Å². The Hall–Kier alpha value is -3.21. The summed E-state index contributed by atoms with van der Waals surface area (Å²) in [4.78, 5) is 45.4. The first kappa shape index (κ1) is 19.1. The molecular formula is C18H18N6O4S. The second kappa shape index (κ2) is 8.03. The number of para-hydroxylation sites is 1. The Morgan fingerprint density at radius 2 is 2.14 bits per heavy atom. The smallest absolute Gasteiger partial charge is 0.308 e. The Labute approximate surface area is 169 Å². The Morgan fingerprint density at radius 1 is 1.31 bits per heavy atom. The molecule has 3 aromatic rings. The number of aromatic nitrogens is 4. The van der Waals surface area contributed by atoms with Gasteiger partial charge in [-0.3, -0.25) is 14.4 Å². The minimum absolute atomic E-state index is 0.0262. The molecule has 1 aromatic carbocycles. The third-order valence-corrected chi connectivity index (χ3v) is 5.49. The number of esters is 1. The Morgan fingerprint density at radius 3 is 2.97 bits per heavy atom. The van der Waals surface area contributed by atoms with Crippen LogP contribution in [-0.2, 0) is 19.1 Å². The molecule has 2 aromatic heterocycles. The Bertz CT molecular complexity index is 1100. The number of rotatable bonds is 5. The first-order valence-corrected chi connectivity index (χ1v) is 9.93. The second-order valence-corrected chi connectivity index (χ2v) is 7.37. The van der Waals surface area contributed by atoms with Crippen LogP contribution in [0.5, 0.6) is 0 Å². The number of hydrogen-bond acceptors (Lipinski definition) is 8. The molecule has 1 saturated heterocycles. The lowest BCUT2D eigenvalue weighted by molar-refractivity contribution is -0.149. The highest BCUT2D eigenvalue weighted by molar-refractivity contribution is 7.99. The van der Waals surface area contributed by atoms with Gasteiger partial charge >= 0.3 is 5.97 Å². The van der Waals surface area contributed by atoms with Gasteiger partial charge in [0.05, 0.1) is 19.3 Å². The van der Waals surface area contributed by atoms with E-state index in [9.17, 15) is 14.4 Å². The number of fused-ring (bicyclic) bond motifs is 3. The van der Waals surface area contributed by atoms with Crippen molar-refractivity contribution >= 4 is 51.6 Å². The zero-order chi connectivity index (χ0) is 20.4. The summed E-state index contributed by atoms with van der Waals surface area (Å²) >= 11 is 1.13. The van der Waals surface area contributed by atoms with E-state index in [1.165, 1.54) is 12.0 Å². The SMILES string of the molecule is COC(=O)C[C@@H]1C(=O)NCCN1C(=O)CSc1nnc2c(n1)[nH]c1ccccc12. The fourth-order valence-corrected chi connectivity index (χ4v) is 3.91. The molecule has 2 amide bonds. The lowest BCUT2D eigenvalue weighted by Crippen LogP contribution is -2.58. The standard InChI is InChI=1S/C18H18N6O4S/c1-28-14(26)8-12-17(27)19-6-7-24(12)13(25)9-29-18-21-16-15(22-23-18)10-4-2-3-5-11(10)20-16/h2-5,12H,6-9H2,1H3,(H,19,27)(H,20,21,23)/t12-/m1/s1. The fourth-order valence-electron chi connectivity index (χ4n) is 3.23. The van der Waals surface area contributed by atoms with Gasteiger partial charge in [0.2, 0.25) is 17.0 Å². The van der Waals surface area contributed by atoms with Crippen molar-refractivity contribution < 1.29 is 19.1 Å². The summed E-state index contributed by atoms with van der Waals surface area (Å²) in [6.07, 6.45) is -0.183. The molecule has 1 atom stereocenters. The van der Waals surface area contributed by atoms with Gasteiger partial charge in [0, 0.05) is 24.0 Å². The molecule has 1 aliphatic rings. The topological polar surface area (TPSA) is 130 Å². The molecule has 0 spiro atoms. The number of hydrogen-bond donors (Lipinski definition) is 2. The van der Waals surface area contributed by atoms with Crippen LogP contribution in [-0.4, -0.2) is 74.8 Å². The number of amides is 2. The van der Waals surface area contributed by atoms with Crippen molar-refractivity contribution in [3.8, 4) is 0 Å². The number of carbonyl (C=O) groups excluding carboxylic acids is 3. The largest absolute Gasteiger partial charge is 0.469 e. The molecule has 150 valence electrons. The van der Waals surface area contributed by atoms with E-state index in [0.29, 0.717) is 29.4 Å². The van der Waals surface area contributed by atoms with Gasteiger partial charge in [0.1, 0.15) is 11.6 Å². The number of thioether (sulfide) groups is 1. The Balaban J connectivity index is 1.47. The zero-order valence-electron chi connectivity index (χ0n) is 15.5. The van der Waals surface area contributed by atoms with Crippen molar-refractivity contribution in [2.24, 2.45) is 0 Å². The van der Waals surface area contributed by atoms with Gasteiger partial charge in [-0.1, -0.05) is 30.0 Å². The maximum absolute atomic E-state index is 12.7. The molecule has 3 heterocycles. The molecule has 0 saturated carbocycles. The summed E-state index contributed by atoms with van der Waals surface area (Å²) in [5, 5.41) is 12.3. The van der Waals surface area contributed by atoms with E-state index in [4.69, 9.17) is 0 Å². The highest BCUT2D eigenvalue weighted by Crippen LogP contribution is 2.23. The van der Waals surface area contributed by atoms with Gasteiger partial charge < -0.3 is 19.9 Å². The molecule has 0 radical (unpaired) electrons. The van der Waals surface area contributed by atoms with Crippen molar-refractivity contribution in [1.29, 1.82) is 0 Å². The first-order valence-electron chi connectivity index (χ1n) is 8.94. The molecule has 10 nitrogen and oxygen atoms in total. The second-order valence-electron chi connectivity index (χ2n) is 6.43. The van der Waals surface area contributed by atoms with Crippen LogP contribution in [0.25, 0.3) is 22.1 Å². The fraction of sp³-hybridized carbons (Fsp3) is 0.333. The zero-order valence-corrected chi connectivity index (χ0v) is 16.4. The number of nitrogens with one attached hydrogen (secondary N) is 2. The molecule has 0 aliphatic carbocycles. The van der Waals surface area contributed by atoms with Crippen molar-refractivity contribution in [3.05, 3.63) is 24.3 Å². The summed E-state index contributed by atoms with van der Waals surface area (Å²) < 4.78 is 4.63. The predicted octanol–water partition coefficient (Wildman–Crippen LogP) is 0.488. The third-order valence-electron chi connectivity index (χ3n) is 4.67. The number of benzene rings is 1. The number of H-pyrrole nitrogens is 1. The van der Waals surface area contributed by atoms with Crippen LogP contribution >= 0.6 is 11.8 Å². The van der Waals surface area contributed by atoms with E-state index in [2.05, 4.69) is 30.2 Å². The van der Waals surface area contributed by atoms with E-state index in [0.717, 1.165) is 22.7 Å². The first-order chi connectivity index (χ1) is 14.1. The number of piperazine rings is 1. The van der Waals surface area contributed by atoms with Crippen LogP contribution in [0, 0.1) is 0 Å². The van der Waals surface area contributed by atoms with E-state index in [1.807, 2.05) is 24.3 Å². The molecule has 11 heteroatoms. The normalized spacial score (nSPS) is 16.8. The maximum atomic E-state index is 12.7. The number of nitrogens with zero attached hydrogens (tertiary/aromatic N) is 4. The van der Waals surface area contributed by atoms with Crippen molar-refractivity contribution in [2.75, 3.05) is 26.0 Å². The van der Waals surface area contributed by atoms with Gasteiger partial charge in [0.25, 0.3) is 0 Å². The monoisotopic (exact) mass is 414 g/mol. The van der Waals surface area contributed by atoms with Crippen LogP contribution in [0.4, 0.5) is 0 Å². The number of methoxy groups -OCH3 is 1. The lowest BCUT2D eigenvalue weighted by Gasteiger charge is -2.34. The summed E-state index contributed by atoms with van der Waals surface area (Å²) in [7, 11) is 1.25. The lowest BCUT2D eigenvalue weighted by atomic mass is 10.1. The third kappa shape index (κ3) is 3.86. The summed E-state index contributed by atoms with van der Waals surface area (Å²) in [5.74, 6) is -1.16. The summed E-state index contributed by atoms with van der Waals surface area (Å²) in [5.41, 5.74) is 2.17. The van der Waals surface area contributed by atoms with Crippen molar-refractivity contribution in [3.63, 3.8) is 0 Å². The molecular weight excluding hydrogens is 396 g/mol. The predicted molar refractivity (Wildman–Crippen MR) is 105 cm³/mol. The number of carbonyl (C=O) groups is 3. The minimum Gasteiger partial charge on any atom is -0.469 e. The minimum atomic E-state index is -0.875. The van der Waals surface area contributed by atoms with Crippen molar-refractivity contribution in [2.45, 2.75) is 17.6 Å². The van der Waals surface area contributed by atoms with Crippen LogP contribution in [0.2, 0.25) is 0 Å². The average Bonchev–Trinajstić information content (AvgIpc) is 3.11. The Kier molecular flexibility index (Phi) is 5.30. The summed E-state index contributed by atoms with van der Waals surface area (Å²) in [6, 6.07) is 6.82. The molecule has 0 unspecified atom stereocenters. The van der Waals surface area contributed by atoms with E-state index in [1.54, 1.807) is 0 Å². The molecule has 0 bridgehead atoms. The summed E-state index contributed by atoms with van der Waals surface area (Å²) in [6.45, 7) is 0.666. The molecule has 1 aliphatic heterocycles. The van der Waals surface area contributed by atoms with Crippen LogP contribution in [0.1, 0.15) is 6.42 Å². The van der Waals surface area contributed by atoms with Gasteiger partial charge in [-0.15, -0.1) is 10.2 Å². The van der Waals surface area contributed by atoms with E-state index < -0.39 is 12.0 Å². The maximum Gasteiger partial charge on any atom is 0.308 e. The van der Waals surface area contributed by atoms with Crippen molar-refractivity contribution in [1.82, 2.24) is 30.4 Å². The van der Waals surface area contributed by atoms with E-state index in [-0.39, 0.29) is 24.0 Å². The van der Waals surface area contributed by atoms with Gasteiger partial charge in [-0.2, -0.15) is 0 Å². The van der Waals surface area contributed by atoms with Gasteiger partial charge in [-0.05, 0) is 6.07 Å². The van der Waals surface area contributed by atoms with Crippen LogP contribution < -0.4 is 5.32 Å². The van der Waals surface area contributed by atoms with Gasteiger partial charge in [0.15, 0.2) is 5.65 Å². The number of ether oxygens (including phenoxy) is 1. The highest BCUT2D eigenvalue weighted by atomic mass is 32.2. The average molecular weight is 414 g/mol. The highest BCUT2D eigenvalue weighted by Gasteiger charge is 2.34. The molecule has 4 rings (SSSR count). The number of aromatic amines is 1. The quantitative estimate of drug-likeness (QED) is 0.456. The molecule has 1 fully saturated rings.